The first kappa shape index (κ1) is 25.4. The standard InChI is InChI=1S/C28H29N3O4S/c1-3-5-23(15-27(33)34)22-8-10-24(11-9-22)35-18-21-7-4-6-20(14-21)16-31-13-12-25-26(17-31)36-28(30-25)29-19(2)32/h4,6-11,14,23H,12-13,15-18H2,1-2H3,(H,33,34)(H,29,30,32)/t23-/m0/s1. The topological polar surface area (TPSA) is 91.8 Å². The van der Waals surface area contributed by atoms with Gasteiger partial charge in [0.25, 0.3) is 0 Å². The lowest BCUT2D eigenvalue weighted by Gasteiger charge is -2.26. The van der Waals surface area contributed by atoms with Gasteiger partial charge in [-0.25, -0.2) is 4.98 Å². The molecule has 1 aliphatic heterocycles. The molecule has 8 heteroatoms. The number of amides is 1. The molecule has 4 rings (SSSR count). The number of carbonyl (C=O) groups excluding carboxylic acids is 1. The van der Waals surface area contributed by atoms with Crippen LogP contribution in [0.1, 0.15) is 53.4 Å². The molecule has 0 aliphatic carbocycles. The van der Waals surface area contributed by atoms with E-state index in [9.17, 15) is 9.59 Å². The van der Waals surface area contributed by atoms with Crippen molar-refractivity contribution in [2.75, 3.05) is 11.9 Å². The highest BCUT2D eigenvalue weighted by molar-refractivity contribution is 7.15. The molecule has 186 valence electrons. The first-order chi connectivity index (χ1) is 17.4. The maximum Gasteiger partial charge on any atom is 0.304 e. The molecule has 2 N–H and O–H groups in total. The SMILES string of the molecule is CC#C[C@@H](CC(=O)O)c1ccc(OCc2cccc(CN3CCc4nc(NC(C)=O)sc4C3)c2)cc1. The molecule has 0 saturated carbocycles. The number of hydrogen-bond donors (Lipinski definition) is 2. The van der Waals surface area contributed by atoms with Gasteiger partial charge >= 0.3 is 5.97 Å². The van der Waals surface area contributed by atoms with Gasteiger partial charge in [-0.1, -0.05) is 42.3 Å². The number of hydrogen-bond acceptors (Lipinski definition) is 6. The maximum absolute atomic E-state index is 11.3. The van der Waals surface area contributed by atoms with Crippen molar-refractivity contribution in [3.05, 3.63) is 75.8 Å². The number of rotatable bonds is 9. The van der Waals surface area contributed by atoms with Crippen LogP contribution in [-0.2, 0) is 35.7 Å². The zero-order valence-electron chi connectivity index (χ0n) is 20.4. The molecule has 1 atom stereocenters. The first-order valence-electron chi connectivity index (χ1n) is 11.8. The number of ether oxygens (including phenoxy) is 1. The summed E-state index contributed by atoms with van der Waals surface area (Å²) >= 11 is 1.55. The van der Waals surface area contributed by atoms with Gasteiger partial charge < -0.3 is 15.2 Å². The summed E-state index contributed by atoms with van der Waals surface area (Å²) in [7, 11) is 0. The first-order valence-corrected chi connectivity index (χ1v) is 12.6. The Balaban J connectivity index is 1.33. The summed E-state index contributed by atoms with van der Waals surface area (Å²) < 4.78 is 5.99. The molecule has 1 aromatic heterocycles. The lowest BCUT2D eigenvalue weighted by molar-refractivity contribution is -0.137. The molecule has 2 aromatic carbocycles. The molecule has 0 fully saturated rings. The molecular weight excluding hydrogens is 474 g/mol. The summed E-state index contributed by atoms with van der Waals surface area (Å²) in [6.07, 6.45) is 0.854. The Bertz CT molecular complexity index is 1290. The van der Waals surface area contributed by atoms with Gasteiger partial charge in [-0.15, -0.1) is 17.3 Å². The van der Waals surface area contributed by atoms with E-state index in [-0.39, 0.29) is 18.2 Å². The molecule has 0 bridgehead atoms. The highest BCUT2D eigenvalue weighted by Gasteiger charge is 2.21. The van der Waals surface area contributed by atoms with Crippen LogP contribution in [0.25, 0.3) is 0 Å². The van der Waals surface area contributed by atoms with E-state index in [1.165, 1.54) is 17.4 Å². The minimum Gasteiger partial charge on any atom is -0.489 e. The molecule has 7 nitrogen and oxygen atoms in total. The van der Waals surface area contributed by atoms with E-state index in [4.69, 9.17) is 9.84 Å². The number of aromatic nitrogens is 1. The molecule has 0 unspecified atom stereocenters. The van der Waals surface area contributed by atoms with E-state index in [2.05, 4.69) is 45.2 Å². The van der Waals surface area contributed by atoms with Gasteiger partial charge in [-0.05, 0) is 35.7 Å². The van der Waals surface area contributed by atoms with E-state index in [0.29, 0.717) is 11.7 Å². The van der Waals surface area contributed by atoms with Crippen LogP contribution in [0.3, 0.4) is 0 Å². The largest absolute Gasteiger partial charge is 0.489 e. The monoisotopic (exact) mass is 503 g/mol. The average molecular weight is 504 g/mol. The molecule has 1 amide bonds. The Kier molecular flexibility index (Phi) is 8.36. The van der Waals surface area contributed by atoms with Crippen LogP contribution in [-0.4, -0.2) is 33.4 Å². The molecule has 36 heavy (non-hydrogen) atoms. The number of carbonyl (C=O) groups is 2. The van der Waals surface area contributed by atoms with Crippen LogP contribution in [0.2, 0.25) is 0 Å². The van der Waals surface area contributed by atoms with Gasteiger partial charge in [0.2, 0.25) is 5.91 Å². The lowest BCUT2D eigenvalue weighted by atomic mass is 9.96. The predicted molar refractivity (Wildman–Crippen MR) is 140 cm³/mol. The Labute approximate surface area is 215 Å². The van der Waals surface area contributed by atoms with Crippen LogP contribution in [0.4, 0.5) is 5.13 Å². The summed E-state index contributed by atoms with van der Waals surface area (Å²) in [5.41, 5.74) is 4.26. The number of nitrogens with zero attached hydrogens (tertiary/aromatic N) is 2. The van der Waals surface area contributed by atoms with E-state index < -0.39 is 5.97 Å². The van der Waals surface area contributed by atoms with Crippen molar-refractivity contribution in [3.8, 4) is 17.6 Å². The summed E-state index contributed by atoms with van der Waals surface area (Å²) in [5.74, 6) is 5.22. The van der Waals surface area contributed by atoms with Crippen molar-refractivity contribution >= 4 is 28.3 Å². The van der Waals surface area contributed by atoms with Crippen molar-refractivity contribution in [1.82, 2.24) is 9.88 Å². The van der Waals surface area contributed by atoms with Crippen LogP contribution in [0.5, 0.6) is 5.75 Å². The van der Waals surface area contributed by atoms with Gasteiger partial charge in [0, 0.05) is 37.9 Å². The molecule has 0 saturated heterocycles. The van der Waals surface area contributed by atoms with E-state index in [0.717, 1.165) is 48.6 Å². The minimum absolute atomic E-state index is 0.0222. The van der Waals surface area contributed by atoms with Gasteiger partial charge in [-0.2, -0.15) is 0 Å². The quantitative estimate of drug-likeness (QED) is 0.407. The van der Waals surface area contributed by atoms with Crippen LogP contribution < -0.4 is 10.1 Å². The Hall–Kier alpha value is -3.67. The lowest BCUT2D eigenvalue weighted by Crippen LogP contribution is -2.29. The second-order valence-corrected chi connectivity index (χ2v) is 9.84. The third-order valence-electron chi connectivity index (χ3n) is 5.88. The van der Waals surface area contributed by atoms with Crippen molar-refractivity contribution in [1.29, 1.82) is 0 Å². The van der Waals surface area contributed by atoms with Crippen molar-refractivity contribution in [2.45, 2.75) is 52.3 Å². The predicted octanol–water partition coefficient (Wildman–Crippen LogP) is 4.82. The fourth-order valence-corrected chi connectivity index (χ4v) is 5.32. The Morgan fingerprint density at radius 1 is 1.22 bits per heavy atom. The van der Waals surface area contributed by atoms with Gasteiger partial charge in [0.05, 0.1) is 18.0 Å². The maximum atomic E-state index is 11.3. The van der Waals surface area contributed by atoms with Crippen molar-refractivity contribution in [3.63, 3.8) is 0 Å². The van der Waals surface area contributed by atoms with Gasteiger partial charge in [-0.3, -0.25) is 14.5 Å². The number of carboxylic acid groups (broad SMARTS) is 1. The van der Waals surface area contributed by atoms with E-state index >= 15 is 0 Å². The number of carboxylic acids is 1. The number of benzene rings is 2. The molecule has 1 aliphatic rings. The average Bonchev–Trinajstić information content (AvgIpc) is 3.23. The Morgan fingerprint density at radius 2 is 2.00 bits per heavy atom. The zero-order chi connectivity index (χ0) is 25.5. The van der Waals surface area contributed by atoms with Crippen LogP contribution in [0, 0.1) is 11.8 Å². The highest BCUT2D eigenvalue weighted by atomic mass is 32.1. The molecule has 0 radical (unpaired) electrons. The van der Waals surface area contributed by atoms with Crippen molar-refractivity contribution in [2.24, 2.45) is 0 Å². The summed E-state index contributed by atoms with van der Waals surface area (Å²) in [6.45, 7) is 6.24. The molecule has 0 spiro atoms. The molecule has 2 heterocycles. The second-order valence-electron chi connectivity index (χ2n) is 8.75. The molecular formula is C28H29N3O4S. The van der Waals surface area contributed by atoms with Gasteiger partial charge in [0.1, 0.15) is 12.4 Å². The zero-order valence-corrected chi connectivity index (χ0v) is 21.2. The minimum atomic E-state index is -0.866. The number of aliphatic carboxylic acids is 1. The third-order valence-corrected chi connectivity index (χ3v) is 6.87. The van der Waals surface area contributed by atoms with Crippen molar-refractivity contribution < 1.29 is 19.4 Å². The normalized spacial score (nSPS) is 13.7. The van der Waals surface area contributed by atoms with Gasteiger partial charge in [0.15, 0.2) is 5.13 Å². The van der Waals surface area contributed by atoms with Crippen LogP contribution >= 0.6 is 11.3 Å². The van der Waals surface area contributed by atoms with Crippen LogP contribution in [0.15, 0.2) is 48.5 Å². The number of fused-ring (bicyclic) bond motifs is 1. The fraction of sp³-hybridized carbons (Fsp3) is 0.321. The summed E-state index contributed by atoms with van der Waals surface area (Å²) in [4.78, 5) is 30.6. The molecule has 3 aromatic rings. The number of thiazole rings is 1. The summed E-state index contributed by atoms with van der Waals surface area (Å²) in [6, 6.07) is 15.9. The fourth-order valence-electron chi connectivity index (χ4n) is 4.23. The smallest absolute Gasteiger partial charge is 0.304 e. The third kappa shape index (κ3) is 6.94. The Morgan fingerprint density at radius 3 is 2.72 bits per heavy atom. The second kappa shape index (κ2) is 11.8. The van der Waals surface area contributed by atoms with E-state index in [1.54, 1.807) is 18.3 Å². The van der Waals surface area contributed by atoms with E-state index in [1.807, 2.05) is 30.3 Å². The number of anilines is 1. The highest BCUT2D eigenvalue weighted by Crippen LogP contribution is 2.29. The number of nitrogens with one attached hydrogen (secondary N) is 1. The summed E-state index contributed by atoms with van der Waals surface area (Å²) in [5, 5.41) is 12.6.